The quantitative estimate of drug-likeness (QED) is 0.660. The maximum Gasteiger partial charge on any atom is 0.417 e. The molecule has 0 radical (unpaired) electrons. The molecule has 0 saturated heterocycles. The third-order valence-corrected chi connectivity index (χ3v) is 2.70. The van der Waals surface area contributed by atoms with Crippen molar-refractivity contribution in [3.8, 4) is 0 Å². The Morgan fingerprint density at radius 3 is 2.33 bits per heavy atom. The summed E-state index contributed by atoms with van der Waals surface area (Å²) in [5.41, 5.74) is -2.40. The molecule has 0 aliphatic heterocycles. The molecule has 0 bridgehead atoms. The fourth-order valence-electron chi connectivity index (χ4n) is 1.73. The van der Waals surface area contributed by atoms with Crippen LogP contribution in [0, 0.1) is 5.92 Å². The molecule has 12 heavy (non-hydrogen) atoms. The number of hydrogen-bond acceptors (Lipinski definition) is 1. The Hall–Kier alpha value is -0.250. The summed E-state index contributed by atoms with van der Waals surface area (Å²) in [6, 6.07) is 0. The molecule has 1 rings (SSSR count). The van der Waals surface area contributed by atoms with Crippen molar-refractivity contribution in [2.75, 3.05) is 0 Å². The van der Waals surface area contributed by atoms with Crippen LogP contribution in [0.25, 0.3) is 0 Å². The van der Waals surface area contributed by atoms with Gasteiger partial charge in [0.25, 0.3) is 0 Å². The van der Waals surface area contributed by atoms with E-state index in [0.29, 0.717) is 6.42 Å². The van der Waals surface area contributed by atoms with Crippen molar-refractivity contribution >= 4 is 0 Å². The molecule has 0 heterocycles. The first-order valence-corrected chi connectivity index (χ1v) is 4.18. The van der Waals surface area contributed by atoms with Gasteiger partial charge in [-0.2, -0.15) is 13.2 Å². The van der Waals surface area contributed by atoms with Crippen LogP contribution in [-0.2, 0) is 0 Å². The highest BCUT2D eigenvalue weighted by atomic mass is 19.4. The van der Waals surface area contributed by atoms with Gasteiger partial charge in [0.2, 0.25) is 0 Å². The number of rotatable bonds is 1. The second-order valence-electron chi connectivity index (χ2n) is 3.55. The number of alkyl halides is 3. The molecule has 0 aromatic heterocycles. The topological polar surface area (TPSA) is 20.2 Å². The molecular formula is C8H13F3O. The van der Waals surface area contributed by atoms with Gasteiger partial charge >= 0.3 is 6.18 Å². The zero-order valence-corrected chi connectivity index (χ0v) is 6.99. The molecule has 0 amide bonds. The molecule has 0 aromatic rings. The third kappa shape index (κ3) is 1.58. The van der Waals surface area contributed by atoms with Crippen LogP contribution < -0.4 is 0 Å². The lowest BCUT2D eigenvalue weighted by atomic mass is 9.98. The van der Waals surface area contributed by atoms with Gasteiger partial charge in [0, 0.05) is 0 Å². The summed E-state index contributed by atoms with van der Waals surface area (Å²) in [5.74, 6) is 0.0385. The van der Waals surface area contributed by atoms with E-state index in [2.05, 4.69) is 0 Å². The third-order valence-electron chi connectivity index (χ3n) is 2.70. The van der Waals surface area contributed by atoms with Crippen LogP contribution in [0.3, 0.4) is 0 Å². The molecule has 0 aromatic carbocycles. The molecule has 1 nitrogen and oxygen atoms in total. The maximum atomic E-state index is 12.2. The summed E-state index contributed by atoms with van der Waals surface area (Å²) in [6.45, 7) is 1.85. The largest absolute Gasteiger partial charge is 0.417 e. The number of aliphatic hydroxyl groups is 1. The average Bonchev–Trinajstić information content (AvgIpc) is 2.31. The normalized spacial score (nSPS) is 37.2. The molecule has 1 N–H and O–H groups in total. The fraction of sp³-hybridized carbons (Fsp3) is 1.00. The Kier molecular flexibility index (Phi) is 2.38. The summed E-state index contributed by atoms with van der Waals surface area (Å²) in [6.07, 6.45) is -3.48. The van der Waals surface area contributed by atoms with Crippen LogP contribution in [0.2, 0.25) is 0 Å². The minimum absolute atomic E-state index is 0.0385. The van der Waals surface area contributed by atoms with Gasteiger partial charge in [-0.3, -0.25) is 0 Å². The monoisotopic (exact) mass is 182 g/mol. The molecule has 2 unspecified atom stereocenters. The zero-order valence-electron chi connectivity index (χ0n) is 6.99. The Bertz CT molecular complexity index is 166. The summed E-state index contributed by atoms with van der Waals surface area (Å²) >= 11 is 0. The van der Waals surface area contributed by atoms with Crippen molar-refractivity contribution in [1.29, 1.82) is 0 Å². The molecule has 0 spiro atoms. The van der Waals surface area contributed by atoms with Gasteiger partial charge in [-0.25, -0.2) is 0 Å². The number of halogens is 3. The highest BCUT2D eigenvalue weighted by Gasteiger charge is 2.56. The van der Waals surface area contributed by atoms with Crippen LogP contribution in [0.5, 0.6) is 0 Å². The van der Waals surface area contributed by atoms with E-state index < -0.39 is 11.8 Å². The first-order chi connectivity index (χ1) is 5.39. The lowest BCUT2D eigenvalue weighted by molar-refractivity contribution is -0.258. The average molecular weight is 182 g/mol. The van der Waals surface area contributed by atoms with E-state index >= 15 is 0 Å². The van der Waals surface area contributed by atoms with Crippen molar-refractivity contribution in [1.82, 2.24) is 0 Å². The standard InChI is InChI=1S/C8H13F3O/c1-2-6-3-4-7(12,5-6)8(9,10)11/h6,12H,2-5H2,1H3. The molecule has 1 aliphatic rings. The van der Waals surface area contributed by atoms with Crippen LogP contribution >= 0.6 is 0 Å². The zero-order chi connectivity index (χ0) is 9.41. The van der Waals surface area contributed by atoms with Gasteiger partial charge < -0.3 is 5.11 Å². The van der Waals surface area contributed by atoms with Crippen LogP contribution in [0.4, 0.5) is 13.2 Å². The van der Waals surface area contributed by atoms with Crippen LogP contribution in [0.1, 0.15) is 32.6 Å². The highest BCUT2D eigenvalue weighted by molar-refractivity contribution is 4.94. The van der Waals surface area contributed by atoms with E-state index in [4.69, 9.17) is 0 Å². The van der Waals surface area contributed by atoms with Gasteiger partial charge in [-0.15, -0.1) is 0 Å². The fourth-order valence-corrected chi connectivity index (χ4v) is 1.73. The smallest absolute Gasteiger partial charge is 0.380 e. The van der Waals surface area contributed by atoms with Gasteiger partial charge in [0.15, 0.2) is 5.60 Å². The summed E-state index contributed by atoms with van der Waals surface area (Å²) in [4.78, 5) is 0. The Balaban J connectivity index is 2.64. The van der Waals surface area contributed by atoms with Crippen molar-refractivity contribution in [2.45, 2.75) is 44.4 Å². The molecule has 1 fully saturated rings. The lowest BCUT2D eigenvalue weighted by Gasteiger charge is -2.25. The van der Waals surface area contributed by atoms with E-state index in [9.17, 15) is 18.3 Å². The summed E-state index contributed by atoms with van der Waals surface area (Å²) < 4.78 is 36.6. The predicted molar refractivity (Wildman–Crippen MR) is 38.6 cm³/mol. The maximum absolute atomic E-state index is 12.2. The van der Waals surface area contributed by atoms with E-state index in [-0.39, 0.29) is 18.8 Å². The van der Waals surface area contributed by atoms with Crippen molar-refractivity contribution in [3.05, 3.63) is 0 Å². The van der Waals surface area contributed by atoms with Crippen LogP contribution in [-0.4, -0.2) is 16.9 Å². The van der Waals surface area contributed by atoms with Crippen molar-refractivity contribution < 1.29 is 18.3 Å². The SMILES string of the molecule is CCC1CCC(O)(C(F)(F)F)C1. The minimum atomic E-state index is -4.45. The first-order valence-electron chi connectivity index (χ1n) is 4.18. The predicted octanol–water partition coefficient (Wildman–Crippen LogP) is 2.49. The molecule has 2 atom stereocenters. The van der Waals surface area contributed by atoms with E-state index in [1.165, 1.54) is 0 Å². The molecule has 4 heteroatoms. The van der Waals surface area contributed by atoms with Gasteiger partial charge in [0.1, 0.15) is 0 Å². The molecular weight excluding hydrogens is 169 g/mol. The van der Waals surface area contributed by atoms with E-state index in [1.54, 1.807) is 0 Å². The second-order valence-corrected chi connectivity index (χ2v) is 3.55. The summed E-state index contributed by atoms with van der Waals surface area (Å²) in [5, 5.41) is 9.20. The number of hydrogen-bond donors (Lipinski definition) is 1. The second kappa shape index (κ2) is 2.91. The van der Waals surface area contributed by atoms with Gasteiger partial charge in [0.05, 0.1) is 0 Å². The van der Waals surface area contributed by atoms with Gasteiger partial charge in [-0.1, -0.05) is 13.3 Å². The Morgan fingerprint density at radius 1 is 1.50 bits per heavy atom. The van der Waals surface area contributed by atoms with Crippen molar-refractivity contribution in [3.63, 3.8) is 0 Å². The summed E-state index contributed by atoms with van der Waals surface area (Å²) in [7, 11) is 0. The molecule has 1 saturated carbocycles. The minimum Gasteiger partial charge on any atom is -0.380 e. The first kappa shape index (κ1) is 9.84. The molecule has 1 aliphatic carbocycles. The van der Waals surface area contributed by atoms with Crippen LogP contribution in [0.15, 0.2) is 0 Å². The van der Waals surface area contributed by atoms with Crippen molar-refractivity contribution in [2.24, 2.45) is 5.92 Å². The highest BCUT2D eigenvalue weighted by Crippen LogP contribution is 2.46. The van der Waals surface area contributed by atoms with E-state index in [0.717, 1.165) is 6.42 Å². The lowest BCUT2D eigenvalue weighted by Crippen LogP contribution is -2.42. The Labute approximate surface area is 69.6 Å². The molecule has 72 valence electrons. The van der Waals surface area contributed by atoms with Gasteiger partial charge in [-0.05, 0) is 25.2 Å². The van der Waals surface area contributed by atoms with E-state index in [1.807, 2.05) is 6.92 Å². The Morgan fingerprint density at radius 2 is 2.08 bits per heavy atom.